The molecule has 0 aromatic heterocycles. The molecule has 0 aliphatic heterocycles. The highest BCUT2D eigenvalue weighted by Gasteiger charge is 2.21. The van der Waals surface area contributed by atoms with Gasteiger partial charge in [0, 0.05) is 0 Å². The lowest BCUT2D eigenvalue weighted by Crippen LogP contribution is -2.11. The Hall–Kier alpha value is -3.13. The first-order valence-electron chi connectivity index (χ1n) is 8.73. The average Bonchev–Trinajstić information content (AvgIpc) is 2.67. The molecule has 0 spiro atoms. The van der Waals surface area contributed by atoms with Gasteiger partial charge in [-0.3, -0.25) is 4.79 Å². The molecule has 0 fully saturated rings. The Bertz CT molecular complexity index is 1090. The van der Waals surface area contributed by atoms with E-state index in [1.54, 1.807) is 14.0 Å². The van der Waals surface area contributed by atoms with Gasteiger partial charge in [-0.1, -0.05) is 54.6 Å². The third kappa shape index (κ3) is 2.84. The van der Waals surface area contributed by atoms with E-state index in [9.17, 15) is 4.79 Å². The lowest BCUT2D eigenvalue weighted by Gasteiger charge is -2.18. The van der Waals surface area contributed by atoms with E-state index in [0.29, 0.717) is 0 Å². The van der Waals surface area contributed by atoms with Crippen molar-refractivity contribution in [2.24, 2.45) is 0 Å². The Kier molecular flexibility index (Phi) is 4.18. The molecule has 4 aromatic rings. The molecule has 26 heavy (non-hydrogen) atoms. The SMILES string of the molecule is COc1ccc(C(C(C)=O)c2cccc3cc4ccccc4cc23)cc1. The summed E-state index contributed by atoms with van der Waals surface area (Å²) in [6.07, 6.45) is 0. The topological polar surface area (TPSA) is 26.3 Å². The van der Waals surface area contributed by atoms with Gasteiger partial charge in [0.2, 0.25) is 0 Å². The summed E-state index contributed by atoms with van der Waals surface area (Å²) in [5.74, 6) is 0.640. The molecule has 0 saturated heterocycles. The smallest absolute Gasteiger partial charge is 0.141 e. The van der Waals surface area contributed by atoms with Gasteiger partial charge in [-0.15, -0.1) is 0 Å². The largest absolute Gasteiger partial charge is 0.497 e. The number of carbonyl (C=O) groups excluding carboxylic acids is 1. The summed E-state index contributed by atoms with van der Waals surface area (Å²) in [5, 5.41) is 4.67. The van der Waals surface area contributed by atoms with Crippen LogP contribution in [-0.2, 0) is 4.79 Å². The van der Waals surface area contributed by atoms with Crippen molar-refractivity contribution in [2.45, 2.75) is 12.8 Å². The molecule has 1 unspecified atom stereocenters. The Morgan fingerprint density at radius 1 is 0.808 bits per heavy atom. The minimum atomic E-state index is -0.286. The van der Waals surface area contributed by atoms with Gasteiger partial charge < -0.3 is 4.74 Å². The maximum Gasteiger partial charge on any atom is 0.141 e. The standard InChI is InChI=1S/C24H20O2/c1-16(25)24(17-10-12-21(26-2)13-11-17)22-9-5-8-20-14-18-6-3-4-7-19(18)15-23(20)22/h3-15,24H,1-2H3. The molecule has 2 heteroatoms. The van der Waals surface area contributed by atoms with Gasteiger partial charge in [-0.2, -0.15) is 0 Å². The van der Waals surface area contributed by atoms with E-state index in [2.05, 4.69) is 36.4 Å². The highest BCUT2D eigenvalue weighted by atomic mass is 16.5. The van der Waals surface area contributed by atoms with Crippen molar-refractivity contribution in [2.75, 3.05) is 7.11 Å². The van der Waals surface area contributed by atoms with Crippen molar-refractivity contribution in [1.82, 2.24) is 0 Å². The molecule has 0 amide bonds. The van der Waals surface area contributed by atoms with E-state index in [1.807, 2.05) is 42.5 Å². The van der Waals surface area contributed by atoms with Crippen LogP contribution in [0.2, 0.25) is 0 Å². The minimum absolute atomic E-state index is 0.135. The fraction of sp³-hybridized carbons (Fsp3) is 0.125. The van der Waals surface area contributed by atoms with Crippen LogP contribution >= 0.6 is 0 Å². The van der Waals surface area contributed by atoms with Crippen molar-refractivity contribution in [3.05, 3.63) is 90.0 Å². The molecule has 0 radical (unpaired) electrons. The van der Waals surface area contributed by atoms with Crippen LogP contribution in [0.5, 0.6) is 5.75 Å². The first kappa shape index (κ1) is 16.3. The molecule has 4 rings (SSSR count). The van der Waals surface area contributed by atoms with Crippen LogP contribution in [0.3, 0.4) is 0 Å². The summed E-state index contributed by atoms with van der Waals surface area (Å²) in [6, 6.07) is 26.7. The Morgan fingerprint density at radius 3 is 2.12 bits per heavy atom. The number of rotatable bonds is 4. The molecule has 0 bridgehead atoms. The minimum Gasteiger partial charge on any atom is -0.497 e. The number of hydrogen-bond donors (Lipinski definition) is 0. The number of ketones is 1. The predicted molar refractivity (Wildman–Crippen MR) is 107 cm³/mol. The summed E-state index contributed by atoms with van der Waals surface area (Å²) in [6.45, 7) is 1.66. The molecule has 4 aromatic carbocycles. The first-order chi connectivity index (χ1) is 12.7. The molecular formula is C24H20O2. The van der Waals surface area contributed by atoms with Gasteiger partial charge in [0.05, 0.1) is 13.0 Å². The monoisotopic (exact) mass is 340 g/mol. The van der Waals surface area contributed by atoms with Gasteiger partial charge in [0.15, 0.2) is 0 Å². The van der Waals surface area contributed by atoms with Crippen LogP contribution in [0, 0.1) is 0 Å². The Morgan fingerprint density at radius 2 is 1.46 bits per heavy atom. The lowest BCUT2D eigenvalue weighted by molar-refractivity contribution is -0.117. The van der Waals surface area contributed by atoms with Gasteiger partial charge >= 0.3 is 0 Å². The third-order valence-electron chi connectivity index (χ3n) is 4.95. The summed E-state index contributed by atoms with van der Waals surface area (Å²) in [4.78, 5) is 12.6. The van der Waals surface area contributed by atoms with Crippen molar-refractivity contribution < 1.29 is 9.53 Å². The molecule has 0 saturated carbocycles. The molecule has 2 nitrogen and oxygen atoms in total. The predicted octanol–water partition coefficient (Wildman–Crippen LogP) is 5.72. The van der Waals surface area contributed by atoms with E-state index in [1.165, 1.54) is 10.8 Å². The van der Waals surface area contributed by atoms with E-state index in [0.717, 1.165) is 27.6 Å². The van der Waals surface area contributed by atoms with Crippen molar-refractivity contribution >= 4 is 27.3 Å². The number of benzene rings is 4. The summed E-state index contributed by atoms with van der Waals surface area (Å²) < 4.78 is 5.25. The maximum atomic E-state index is 12.6. The van der Waals surface area contributed by atoms with Crippen LogP contribution in [0.1, 0.15) is 24.0 Å². The molecule has 1 atom stereocenters. The number of hydrogen-bond acceptors (Lipinski definition) is 2. The molecule has 0 heterocycles. The van der Waals surface area contributed by atoms with Crippen molar-refractivity contribution in [1.29, 1.82) is 0 Å². The first-order valence-corrected chi connectivity index (χ1v) is 8.73. The zero-order valence-electron chi connectivity index (χ0n) is 14.9. The normalized spacial score (nSPS) is 12.2. The molecule has 128 valence electrons. The van der Waals surface area contributed by atoms with Crippen LogP contribution in [0.4, 0.5) is 0 Å². The van der Waals surface area contributed by atoms with Gasteiger partial charge in [-0.05, 0) is 63.9 Å². The maximum absolute atomic E-state index is 12.6. The second-order valence-corrected chi connectivity index (χ2v) is 6.58. The number of fused-ring (bicyclic) bond motifs is 2. The zero-order chi connectivity index (χ0) is 18.1. The molecule has 0 aliphatic rings. The van der Waals surface area contributed by atoms with Crippen LogP contribution in [-0.4, -0.2) is 12.9 Å². The van der Waals surface area contributed by atoms with Crippen LogP contribution in [0.25, 0.3) is 21.5 Å². The van der Waals surface area contributed by atoms with Crippen molar-refractivity contribution in [3.63, 3.8) is 0 Å². The molecule has 0 N–H and O–H groups in total. The van der Waals surface area contributed by atoms with E-state index in [-0.39, 0.29) is 11.7 Å². The van der Waals surface area contributed by atoms with Crippen LogP contribution in [0.15, 0.2) is 78.9 Å². The van der Waals surface area contributed by atoms with E-state index < -0.39 is 0 Å². The van der Waals surface area contributed by atoms with E-state index >= 15 is 0 Å². The van der Waals surface area contributed by atoms with Gasteiger partial charge in [0.1, 0.15) is 11.5 Å². The fourth-order valence-corrected chi connectivity index (χ4v) is 3.67. The zero-order valence-corrected chi connectivity index (χ0v) is 14.9. The second-order valence-electron chi connectivity index (χ2n) is 6.58. The summed E-state index contributed by atoms with van der Waals surface area (Å²) in [7, 11) is 1.65. The summed E-state index contributed by atoms with van der Waals surface area (Å²) >= 11 is 0. The Labute approximate surface area is 153 Å². The van der Waals surface area contributed by atoms with Crippen molar-refractivity contribution in [3.8, 4) is 5.75 Å². The molecular weight excluding hydrogens is 320 g/mol. The van der Waals surface area contributed by atoms with Gasteiger partial charge in [0.25, 0.3) is 0 Å². The molecule has 0 aliphatic carbocycles. The number of Topliss-reactive ketones (excluding diaryl/α,β-unsaturated/α-hetero) is 1. The third-order valence-corrected chi connectivity index (χ3v) is 4.95. The highest BCUT2D eigenvalue weighted by Crippen LogP contribution is 2.34. The number of methoxy groups -OCH3 is 1. The van der Waals surface area contributed by atoms with E-state index in [4.69, 9.17) is 4.74 Å². The lowest BCUT2D eigenvalue weighted by atomic mass is 9.85. The average molecular weight is 340 g/mol. The van der Waals surface area contributed by atoms with Gasteiger partial charge in [-0.25, -0.2) is 0 Å². The second kappa shape index (κ2) is 6.64. The Balaban J connectivity index is 1.94. The van der Waals surface area contributed by atoms with Crippen LogP contribution < -0.4 is 4.74 Å². The number of carbonyl (C=O) groups is 1. The fourth-order valence-electron chi connectivity index (χ4n) is 3.67. The quantitative estimate of drug-likeness (QED) is 0.444. The summed E-state index contributed by atoms with van der Waals surface area (Å²) in [5.41, 5.74) is 2.03. The number of ether oxygens (including phenoxy) is 1. The highest BCUT2D eigenvalue weighted by molar-refractivity contribution is 6.02.